The maximum absolute atomic E-state index is 13.7. The average molecular weight is 460 g/mol. The van der Waals surface area contributed by atoms with Gasteiger partial charge >= 0.3 is 6.29 Å². The van der Waals surface area contributed by atoms with E-state index in [1.165, 1.54) is 22.7 Å². The Morgan fingerprint density at radius 2 is 1.85 bits per heavy atom. The molecule has 6 rings (SSSR count). The number of nitrogen functional groups attached to an aromatic ring is 1. The first kappa shape index (κ1) is 19.8. The number of anilines is 2. The van der Waals surface area contributed by atoms with Crippen molar-refractivity contribution in [2.75, 3.05) is 23.7 Å². The molecule has 170 valence electrons. The van der Waals surface area contributed by atoms with Gasteiger partial charge in [-0.15, -0.1) is 13.9 Å². The Kier molecular flexibility index (Phi) is 4.10. The fraction of sp³-hybridized carbons (Fsp3) is 0.286. The Labute approximate surface area is 183 Å². The summed E-state index contributed by atoms with van der Waals surface area (Å²) in [6, 6.07) is 6.30. The smallest absolute Gasteiger partial charge is 0.395 e. The van der Waals surface area contributed by atoms with Gasteiger partial charge in [-0.1, -0.05) is 0 Å². The number of rotatable bonds is 2. The number of halogens is 4. The Morgan fingerprint density at radius 1 is 1.06 bits per heavy atom. The van der Waals surface area contributed by atoms with Crippen molar-refractivity contribution in [3.63, 3.8) is 0 Å². The van der Waals surface area contributed by atoms with Crippen LogP contribution in [-0.4, -0.2) is 39.0 Å². The summed E-state index contributed by atoms with van der Waals surface area (Å²) in [4.78, 5) is 10.7. The Hall–Kier alpha value is -3.83. The quantitative estimate of drug-likeness (QED) is 0.455. The molecule has 4 aromatic rings. The second-order valence-corrected chi connectivity index (χ2v) is 8.04. The third-order valence-electron chi connectivity index (χ3n) is 5.85. The zero-order chi connectivity index (χ0) is 22.9. The van der Waals surface area contributed by atoms with Gasteiger partial charge in [-0.3, -0.25) is 0 Å². The lowest BCUT2D eigenvalue weighted by molar-refractivity contribution is -0.286. The molecule has 0 radical (unpaired) electrons. The van der Waals surface area contributed by atoms with Crippen LogP contribution in [0.2, 0.25) is 0 Å². The summed E-state index contributed by atoms with van der Waals surface area (Å²) in [7, 11) is 0. The number of hydrogen-bond acceptors (Lipinski definition) is 7. The van der Waals surface area contributed by atoms with Gasteiger partial charge < -0.3 is 20.1 Å². The summed E-state index contributed by atoms with van der Waals surface area (Å²) in [6.45, 7) is 1.08. The molecule has 2 aliphatic rings. The molecule has 0 amide bonds. The van der Waals surface area contributed by atoms with Crippen LogP contribution in [0.5, 0.6) is 11.5 Å². The van der Waals surface area contributed by atoms with Crippen LogP contribution in [0.4, 0.5) is 29.2 Å². The first-order valence-corrected chi connectivity index (χ1v) is 10.2. The van der Waals surface area contributed by atoms with Crippen LogP contribution in [0.25, 0.3) is 16.6 Å². The van der Waals surface area contributed by atoms with Crippen LogP contribution in [0.3, 0.4) is 0 Å². The van der Waals surface area contributed by atoms with E-state index in [1.807, 2.05) is 4.90 Å². The summed E-state index contributed by atoms with van der Waals surface area (Å²) in [5, 5.41) is 4.91. The van der Waals surface area contributed by atoms with Gasteiger partial charge in [-0.2, -0.15) is 4.52 Å². The highest BCUT2D eigenvalue weighted by molar-refractivity contribution is 5.97. The molecule has 4 heterocycles. The first-order valence-electron chi connectivity index (χ1n) is 10.2. The van der Waals surface area contributed by atoms with E-state index in [0.717, 1.165) is 18.9 Å². The topological polar surface area (TPSA) is 90.8 Å². The number of aromatic nitrogens is 4. The first-order chi connectivity index (χ1) is 15.8. The Balaban J connectivity index is 1.40. The molecule has 1 atom stereocenters. The van der Waals surface area contributed by atoms with Gasteiger partial charge in [0.2, 0.25) is 5.95 Å². The lowest BCUT2D eigenvalue weighted by Gasteiger charge is -2.33. The van der Waals surface area contributed by atoms with Crippen molar-refractivity contribution in [1.82, 2.24) is 19.6 Å². The standard InChI is InChI=1S/C21H16F4N6O2/c22-11-6-12(23)8-13(7-11)30-5-1-2-10(9-30)18-28-19-14-3-4-15-17(33-21(24,25)32-15)16(14)27-20(26)31(19)29-18/h3-4,6-8,10H,1-2,5,9H2,(H2,26,27). The second-order valence-electron chi connectivity index (χ2n) is 8.04. The number of nitrogens with zero attached hydrogens (tertiary/aromatic N) is 5. The summed E-state index contributed by atoms with van der Waals surface area (Å²) in [5.41, 5.74) is 6.92. The highest BCUT2D eigenvalue weighted by Crippen LogP contribution is 2.45. The van der Waals surface area contributed by atoms with Gasteiger partial charge in [0.25, 0.3) is 0 Å². The number of hydrogen-bond donors (Lipinski definition) is 1. The van der Waals surface area contributed by atoms with E-state index < -0.39 is 17.9 Å². The zero-order valence-electron chi connectivity index (χ0n) is 16.9. The van der Waals surface area contributed by atoms with Gasteiger partial charge in [0.1, 0.15) is 17.2 Å². The monoisotopic (exact) mass is 460 g/mol. The predicted octanol–water partition coefficient (Wildman–Crippen LogP) is 3.84. The highest BCUT2D eigenvalue weighted by Gasteiger charge is 2.45. The van der Waals surface area contributed by atoms with Crippen molar-refractivity contribution < 1.29 is 27.0 Å². The third-order valence-corrected chi connectivity index (χ3v) is 5.85. The van der Waals surface area contributed by atoms with Crippen LogP contribution in [0.15, 0.2) is 30.3 Å². The van der Waals surface area contributed by atoms with Gasteiger partial charge in [0.05, 0.1) is 0 Å². The normalized spacial score (nSPS) is 19.5. The van der Waals surface area contributed by atoms with Gasteiger partial charge in [0, 0.05) is 36.1 Å². The van der Waals surface area contributed by atoms with Crippen LogP contribution < -0.4 is 20.1 Å². The van der Waals surface area contributed by atoms with Gasteiger partial charge in [0.15, 0.2) is 23.0 Å². The minimum absolute atomic E-state index is 0.0525. The number of fused-ring (bicyclic) bond motifs is 5. The molecule has 8 nitrogen and oxygen atoms in total. The van der Waals surface area contributed by atoms with Crippen molar-refractivity contribution in [3.8, 4) is 11.5 Å². The molecule has 0 bridgehead atoms. The highest BCUT2D eigenvalue weighted by atomic mass is 19.3. The van der Waals surface area contributed by atoms with Crippen molar-refractivity contribution >= 4 is 28.2 Å². The molecule has 33 heavy (non-hydrogen) atoms. The SMILES string of the molecule is Nc1nc2c3c(ccc2c2nc(C4CCCN(c5cc(F)cc(F)c5)C4)nn12)OC(F)(F)O3. The second kappa shape index (κ2) is 6.83. The summed E-state index contributed by atoms with van der Waals surface area (Å²) in [6.07, 6.45) is -2.27. The third kappa shape index (κ3) is 3.24. The molecular weight excluding hydrogens is 444 g/mol. The fourth-order valence-corrected chi connectivity index (χ4v) is 4.43. The van der Waals surface area contributed by atoms with E-state index in [4.69, 9.17) is 5.73 Å². The van der Waals surface area contributed by atoms with Crippen molar-refractivity contribution in [2.24, 2.45) is 0 Å². The largest absolute Gasteiger partial charge is 0.586 e. The van der Waals surface area contributed by atoms with E-state index in [1.54, 1.807) is 6.07 Å². The lowest BCUT2D eigenvalue weighted by Crippen LogP contribution is -2.34. The van der Waals surface area contributed by atoms with E-state index in [-0.39, 0.29) is 28.9 Å². The number of benzene rings is 2. The van der Waals surface area contributed by atoms with Crippen LogP contribution in [0, 0.1) is 11.6 Å². The van der Waals surface area contributed by atoms with Crippen LogP contribution >= 0.6 is 0 Å². The molecule has 2 N–H and O–H groups in total. The summed E-state index contributed by atoms with van der Waals surface area (Å²) in [5.74, 6) is -1.37. The summed E-state index contributed by atoms with van der Waals surface area (Å²) < 4.78 is 65.0. The zero-order valence-corrected chi connectivity index (χ0v) is 16.9. The molecule has 0 spiro atoms. The minimum Gasteiger partial charge on any atom is -0.395 e. The van der Waals surface area contributed by atoms with Gasteiger partial charge in [-0.25, -0.2) is 18.7 Å². The van der Waals surface area contributed by atoms with E-state index in [2.05, 4.69) is 24.5 Å². The molecule has 0 aliphatic carbocycles. The molecule has 1 unspecified atom stereocenters. The molecule has 2 aromatic heterocycles. The molecule has 12 heteroatoms. The molecule has 2 aromatic carbocycles. The fourth-order valence-electron chi connectivity index (χ4n) is 4.43. The lowest BCUT2D eigenvalue weighted by atomic mass is 9.97. The Morgan fingerprint density at radius 3 is 2.64 bits per heavy atom. The maximum Gasteiger partial charge on any atom is 0.586 e. The molecular formula is C21H16F4N6O2. The number of ether oxygens (including phenoxy) is 2. The predicted molar refractivity (Wildman–Crippen MR) is 109 cm³/mol. The van der Waals surface area contributed by atoms with Gasteiger partial charge in [-0.05, 0) is 37.1 Å². The van der Waals surface area contributed by atoms with E-state index in [0.29, 0.717) is 35.6 Å². The molecule has 1 saturated heterocycles. The molecule has 0 saturated carbocycles. The van der Waals surface area contributed by atoms with Crippen LogP contribution in [-0.2, 0) is 0 Å². The minimum atomic E-state index is -3.79. The Bertz CT molecular complexity index is 1410. The van der Waals surface area contributed by atoms with Crippen molar-refractivity contribution in [2.45, 2.75) is 25.1 Å². The van der Waals surface area contributed by atoms with E-state index in [9.17, 15) is 17.6 Å². The molecule has 1 fully saturated rings. The summed E-state index contributed by atoms with van der Waals surface area (Å²) >= 11 is 0. The molecule has 2 aliphatic heterocycles. The van der Waals surface area contributed by atoms with E-state index >= 15 is 0 Å². The van der Waals surface area contributed by atoms with Crippen molar-refractivity contribution in [1.29, 1.82) is 0 Å². The van der Waals surface area contributed by atoms with Crippen LogP contribution in [0.1, 0.15) is 24.6 Å². The average Bonchev–Trinajstić information content (AvgIpc) is 3.34. The van der Waals surface area contributed by atoms with Crippen molar-refractivity contribution in [3.05, 3.63) is 47.8 Å². The number of alkyl halides is 2. The number of nitrogens with two attached hydrogens (primary N) is 1. The maximum atomic E-state index is 13.7. The number of piperidine rings is 1.